The number of carboxylic acid groups (broad SMARTS) is 1. The lowest BCUT2D eigenvalue weighted by Gasteiger charge is -2.07. The van der Waals surface area contributed by atoms with E-state index in [0.717, 1.165) is 23.1 Å². The molecule has 2 aromatic carbocycles. The van der Waals surface area contributed by atoms with Gasteiger partial charge in [0.05, 0.1) is 6.42 Å². The number of carbonyl (C=O) groups is 2. The van der Waals surface area contributed by atoms with Crippen LogP contribution in [-0.4, -0.2) is 23.5 Å². The molecule has 0 heterocycles. The minimum absolute atomic E-state index is 0.00530. The van der Waals surface area contributed by atoms with Crippen molar-refractivity contribution in [1.82, 2.24) is 5.32 Å². The van der Waals surface area contributed by atoms with Crippen molar-refractivity contribution in [2.45, 2.75) is 19.8 Å². The third-order valence-corrected chi connectivity index (χ3v) is 3.30. The van der Waals surface area contributed by atoms with Gasteiger partial charge in [-0.3, -0.25) is 9.59 Å². The van der Waals surface area contributed by atoms with Gasteiger partial charge in [0.1, 0.15) is 0 Å². The number of amides is 1. The Labute approximate surface area is 129 Å². The number of carboxylic acids is 1. The number of carbonyl (C=O) groups excluding carboxylic acids is 1. The van der Waals surface area contributed by atoms with E-state index < -0.39 is 5.97 Å². The van der Waals surface area contributed by atoms with Crippen LogP contribution in [-0.2, 0) is 11.2 Å². The van der Waals surface area contributed by atoms with E-state index >= 15 is 0 Å². The fourth-order valence-corrected chi connectivity index (χ4v) is 2.19. The molecule has 0 aliphatic carbocycles. The van der Waals surface area contributed by atoms with E-state index in [1.807, 2.05) is 37.3 Å². The molecule has 2 aromatic rings. The first kappa shape index (κ1) is 15.8. The number of aliphatic carboxylic acids is 1. The first-order chi connectivity index (χ1) is 10.6. The normalized spacial score (nSPS) is 10.2. The average Bonchev–Trinajstić information content (AvgIpc) is 2.52. The summed E-state index contributed by atoms with van der Waals surface area (Å²) in [7, 11) is 0. The fourth-order valence-electron chi connectivity index (χ4n) is 2.19. The summed E-state index contributed by atoms with van der Waals surface area (Å²) in [5, 5.41) is 11.7. The molecule has 2 rings (SSSR count). The van der Waals surface area contributed by atoms with Gasteiger partial charge in [0.25, 0.3) is 5.91 Å². The van der Waals surface area contributed by atoms with E-state index in [-0.39, 0.29) is 12.3 Å². The Kier molecular flexibility index (Phi) is 5.31. The minimum Gasteiger partial charge on any atom is -0.481 e. The van der Waals surface area contributed by atoms with Crippen LogP contribution in [0.3, 0.4) is 0 Å². The second-order valence-corrected chi connectivity index (χ2v) is 5.10. The molecule has 0 fully saturated rings. The molecule has 0 radical (unpaired) electrons. The van der Waals surface area contributed by atoms with Gasteiger partial charge in [-0.25, -0.2) is 0 Å². The van der Waals surface area contributed by atoms with E-state index in [0.29, 0.717) is 12.1 Å². The Morgan fingerprint density at radius 1 is 1.05 bits per heavy atom. The van der Waals surface area contributed by atoms with E-state index in [9.17, 15) is 9.59 Å². The highest BCUT2D eigenvalue weighted by atomic mass is 16.4. The van der Waals surface area contributed by atoms with Crippen LogP contribution < -0.4 is 5.32 Å². The Bertz CT molecular complexity index is 662. The van der Waals surface area contributed by atoms with Gasteiger partial charge in [-0.1, -0.05) is 43.3 Å². The SMILES string of the molecule is CCCNC(=O)c1ccc(-c2cccc(CC(=O)O)c2)cc1. The molecule has 4 nitrogen and oxygen atoms in total. The van der Waals surface area contributed by atoms with Crippen LogP contribution in [0.4, 0.5) is 0 Å². The molecule has 0 unspecified atom stereocenters. The standard InChI is InChI=1S/C18H19NO3/c1-2-10-19-18(22)15-8-6-14(7-9-15)16-5-3-4-13(11-16)12-17(20)21/h3-9,11H,2,10,12H2,1H3,(H,19,22)(H,20,21). The molecule has 0 saturated carbocycles. The number of hydrogen-bond acceptors (Lipinski definition) is 2. The third kappa shape index (κ3) is 4.19. The molecule has 0 atom stereocenters. The lowest BCUT2D eigenvalue weighted by Crippen LogP contribution is -2.23. The van der Waals surface area contributed by atoms with Gasteiger partial charge in [0.2, 0.25) is 0 Å². The van der Waals surface area contributed by atoms with E-state index in [2.05, 4.69) is 5.32 Å². The van der Waals surface area contributed by atoms with Crippen molar-refractivity contribution in [3.05, 3.63) is 59.7 Å². The van der Waals surface area contributed by atoms with Gasteiger partial charge in [0, 0.05) is 12.1 Å². The number of hydrogen-bond donors (Lipinski definition) is 2. The zero-order valence-corrected chi connectivity index (χ0v) is 12.5. The maximum Gasteiger partial charge on any atom is 0.307 e. The molecule has 22 heavy (non-hydrogen) atoms. The molecule has 114 valence electrons. The van der Waals surface area contributed by atoms with Crippen LogP contribution in [0.15, 0.2) is 48.5 Å². The summed E-state index contributed by atoms with van der Waals surface area (Å²) < 4.78 is 0. The van der Waals surface area contributed by atoms with Crippen molar-refractivity contribution in [3.63, 3.8) is 0 Å². The van der Waals surface area contributed by atoms with Crippen LogP contribution in [0, 0.1) is 0 Å². The van der Waals surface area contributed by atoms with Gasteiger partial charge in [0.15, 0.2) is 0 Å². The van der Waals surface area contributed by atoms with Gasteiger partial charge in [-0.2, -0.15) is 0 Å². The first-order valence-electron chi connectivity index (χ1n) is 7.29. The highest BCUT2D eigenvalue weighted by molar-refractivity contribution is 5.94. The Morgan fingerprint density at radius 2 is 1.77 bits per heavy atom. The van der Waals surface area contributed by atoms with Crippen LogP contribution in [0.1, 0.15) is 29.3 Å². The minimum atomic E-state index is -0.847. The molecule has 0 aliphatic heterocycles. The molecule has 0 bridgehead atoms. The highest BCUT2D eigenvalue weighted by Crippen LogP contribution is 2.21. The summed E-state index contributed by atoms with van der Waals surface area (Å²) in [6, 6.07) is 14.7. The van der Waals surface area contributed by atoms with Crippen LogP contribution >= 0.6 is 0 Å². The second kappa shape index (κ2) is 7.41. The van der Waals surface area contributed by atoms with Crippen molar-refractivity contribution in [2.75, 3.05) is 6.54 Å². The summed E-state index contributed by atoms with van der Waals surface area (Å²) in [6.07, 6.45) is 0.908. The predicted octanol–water partition coefficient (Wildman–Crippen LogP) is 3.12. The molecule has 0 saturated heterocycles. The maximum atomic E-state index is 11.9. The number of benzene rings is 2. The monoisotopic (exact) mass is 297 g/mol. The smallest absolute Gasteiger partial charge is 0.307 e. The molecule has 0 spiro atoms. The number of rotatable bonds is 6. The Balaban J connectivity index is 2.16. The molecule has 1 amide bonds. The van der Waals surface area contributed by atoms with Crippen molar-refractivity contribution < 1.29 is 14.7 Å². The highest BCUT2D eigenvalue weighted by Gasteiger charge is 2.06. The van der Waals surface area contributed by atoms with E-state index in [1.165, 1.54) is 0 Å². The lowest BCUT2D eigenvalue weighted by atomic mass is 10.0. The molecule has 2 N–H and O–H groups in total. The van der Waals surface area contributed by atoms with Crippen LogP contribution in [0.5, 0.6) is 0 Å². The topological polar surface area (TPSA) is 66.4 Å². The van der Waals surface area contributed by atoms with Crippen LogP contribution in [0.25, 0.3) is 11.1 Å². The summed E-state index contributed by atoms with van der Waals surface area (Å²) in [5.41, 5.74) is 3.28. The van der Waals surface area contributed by atoms with Gasteiger partial charge < -0.3 is 10.4 Å². The van der Waals surface area contributed by atoms with Crippen molar-refractivity contribution >= 4 is 11.9 Å². The maximum absolute atomic E-state index is 11.9. The van der Waals surface area contributed by atoms with E-state index in [1.54, 1.807) is 18.2 Å². The summed E-state index contributed by atoms with van der Waals surface area (Å²) in [6.45, 7) is 2.67. The number of nitrogens with one attached hydrogen (secondary N) is 1. The largest absolute Gasteiger partial charge is 0.481 e. The van der Waals surface area contributed by atoms with Crippen molar-refractivity contribution in [1.29, 1.82) is 0 Å². The molecule has 0 aliphatic rings. The van der Waals surface area contributed by atoms with Gasteiger partial charge in [-0.05, 0) is 35.2 Å². The summed E-state index contributed by atoms with van der Waals surface area (Å²) in [4.78, 5) is 22.6. The lowest BCUT2D eigenvalue weighted by molar-refractivity contribution is -0.136. The summed E-state index contributed by atoms with van der Waals surface area (Å²) >= 11 is 0. The van der Waals surface area contributed by atoms with Gasteiger partial charge in [-0.15, -0.1) is 0 Å². The molecular weight excluding hydrogens is 278 g/mol. The quantitative estimate of drug-likeness (QED) is 0.861. The molecule has 0 aromatic heterocycles. The zero-order chi connectivity index (χ0) is 15.9. The second-order valence-electron chi connectivity index (χ2n) is 5.10. The fraction of sp³-hybridized carbons (Fsp3) is 0.222. The average molecular weight is 297 g/mol. The Hall–Kier alpha value is -2.62. The zero-order valence-electron chi connectivity index (χ0n) is 12.5. The van der Waals surface area contributed by atoms with Crippen molar-refractivity contribution in [3.8, 4) is 11.1 Å². The van der Waals surface area contributed by atoms with Gasteiger partial charge >= 0.3 is 5.97 Å². The molecule has 4 heteroatoms. The van der Waals surface area contributed by atoms with Crippen LogP contribution in [0.2, 0.25) is 0 Å². The van der Waals surface area contributed by atoms with Crippen molar-refractivity contribution in [2.24, 2.45) is 0 Å². The first-order valence-corrected chi connectivity index (χ1v) is 7.29. The third-order valence-electron chi connectivity index (χ3n) is 3.30. The van der Waals surface area contributed by atoms with E-state index in [4.69, 9.17) is 5.11 Å². The Morgan fingerprint density at radius 3 is 2.41 bits per heavy atom. The predicted molar refractivity (Wildman–Crippen MR) is 85.8 cm³/mol. The summed E-state index contributed by atoms with van der Waals surface area (Å²) in [5.74, 6) is -0.923. The molecular formula is C18H19NO3.